The molecule has 0 atom stereocenters. The Bertz CT molecular complexity index is 1660. The first kappa shape index (κ1) is 20.1. The van der Waals surface area contributed by atoms with Gasteiger partial charge in [0.2, 0.25) is 0 Å². The smallest absolute Gasteiger partial charge is 0.284 e. The van der Waals surface area contributed by atoms with Gasteiger partial charge in [-0.15, -0.1) is 0 Å². The highest BCUT2D eigenvalue weighted by Gasteiger charge is 2.21. The van der Waals surface area contributed by atoms with Crippen LogP contribution in [0.5, 0.6) is 0 Å². The molecule has 1 aliphatic rings. The number of fused-ring (bicyclic) bond motifs is 2. The van der Waals surface area contributed by atoms with Crippen LogP contribution in [0.2, 0.25) is 0 Å². The van der Waals surface area contributed by atoms with Gasteiger partial charge in [-0.2, -0.15) is 10.2 Å². The zero-order chi connectivity index (χ0) is 23.2. The number of nitrogens with zero attached hydrogens (tertiary/aromatic N) is 8. The lowest BCUT2D eigenvalue weighted by molar-refractivity contribution is 0.641. The van der Waals surface area contributed by atoms with Crippen molar-refractivity contribution in [3.63, 3.8) is 0 Å². The van der Waals surface area contributed by atoms with E-state index in [1.165, 1.54) is 6.33 Å². The Labute approximate surface area is 194 Å². The van der Waals surface area contributed by atoms with Gasteiger partial charge in [-0.1, -0.05) is 30.0 Å². The fraction of sp³-hybridized carbons (Fsp3) is 0.250. The molecule has 1 saturated carbocycles. The van der Waals surface area contributed by atoms with Crippen molar-refractivity contribution in [2.75, 3.05) is 5.73 Å². The Balaban J connectivity index is 1.52. The second-order valence-corrected chi connectivity index (χ2v) is 8.34. The highest BCUT2D eigenvalue weighted by molar-refractivity contribution is 5.88. The Morgan fingerprint density at radius 1 is 1.18 bits per heavy atom. The number of benzene rings is 1. The van der Waals surface area contributed by atoms with Crippen molar-refractivity contribution in [3.8, 4) is 17.5 Å². The molecule has 168 valence electrons. The quantitative estimate of drug-likeness (QED) is 0.414. The first-order valence-electron chi connectivity index (χ1n) is 11.0. The monoisotopic (exact) mass is 451 g/mol. The van der Waals surface area contributed by atoms with E-state index in [4.69, 9.17) is 15.8 Å². The number of aryl methyl sites for hydroxylation is 1. The molecule has 6 rings (SSSR count). The van der Waals surface area contributed by atoms with E-state index in [9.17, 15) is 4.79 Å². The maximum atomic E-state index is 13.5. The van der Waals surface area contributed by atoms with E-state index in [1.54, 1.807) is 27.2 Å². The van der Waals surface area contributed by atoms with Crippen LogP contribution in [0.3, 0.4) is 0 Å². The molecule has 5 aromatic rings. The fourth-order valence-electron chi connectivity index (χ4n) is 4.10. The van der Waals surface area contributed by atoms with Gasteiger partial charge in [-0.05, 0) is 25.0 Å². The molecule has 0 radical (unpaired) electrons. The highest BCUT2D eigenvalue weighted by atomic mass is 16.1. The van der Waals surface area contributed by atoms with Crippen LogP contribution in [0.4, 0.5) is 5.82 Å². The van der Waals surface area contributed by atoms with E-state index < -0.39 is 0 Å². The minimum Gasteiger partial charge on any atom is -0.383 e. The van der Waals surface area contributed by atoms with E-state index >= 15 is 0 Å². The molecule has 10 nitrogen and oxygen atoms in total. The zero-order valence-corrected chi connectivity index (χ0v) is 18.5. The van der Waals surface area contributed by atoms with E-state index in [0.29, 0.717) is 51.7 Å². The number of hydrogen-bond acceptors (Lipinski definition) is 7. The van der Waals surface area contributed by atoms with Crippen LogP contribution in [-0.4, -0.2) is 39.1 Å². The standard InChI is InChI=1S/C24H21N9O/c1-31-21-18(12-28-31)29-19(33(24(21)34)16-7-3-2-4-8-16)13-32-23-20(22(25)26-14-27-23)17(30-32)9-5-6-15-10-11-15/h2-4,7-8,12,14-15H,9-11,13H2,1H3,(H2,25,26,27). The molecule has 0 amide bonds. The van der Waals surface area contributed by atoms with Gasteiger partial charge in [0.1, 0.15) is 30.0 Å². The van der Waals surface area contributed by atoms with Gasteiger partial charge in [0.05, 0.1) is 29.4 Å². The van der Waals surface area contributed by atoms with Gasteiger partial charge in [0.15, 0.2) is 11.2 Å². The van der Waals surface area contributed by atoms with Crippen LogP contribution in [-0.2, 0) is 20.0 Å². The van der Waals surface area contributed by atoms with E-state index in [-0.39, 0.29) is 12.1 Å². The minimum atomic E-state index is -0.202. The van der Waals surface area contributed by atoms with Gasteiger partial charge in [-0.3, -0.25) is 14.0 Å². The summed E-state index contributed by atoms with van der Waals surface area (Å²) < 4.78 is 4.85. The molecule has 2 N–H and O–H groups in total. The number of hydrogen-bond donors (Lipinski definition) is 1. The van der Waals surface area contributed by atoms with Gasteiger partial charge in [0.25, 0.3) is 5.56 Å². The van der Waals surface area contributed by atoms with Gasteiger partial charge >= 0.3 is 0 Å². The third-order valence-electron chi connectivity index (χ3n) is 5.91. The molecule has 4 heterocycles. The molecule has 1 fully saturated rings. The first-order valence-corrected chi connectivity index (χ1v) is 11.0. The van der Waals surface area contributed by atoms with Crippen LogP contribution in [0, 0.1) is 17.8 Å². The molecule has 0 aliphatic heterocycles. The summed E-state index contributed by atoms with van der Waals surface area (Å²) in [4.78, 5) is 26.9. The lowest BCUT2D eigenvalue weighted by Gasteiger charge is -2.13. The number of para-hydroxylation sites is 1. The Morgan fingerprint density at radius 2 is 2.00 bits per heavy atom. The molecule has 34 heavy (non-hydrogen) atoms. The highest BCUT2D eigenvalue weighted by Crippen LogP contribution is 2.28. The molecule has 10 heteroatoms. The summed E-state index contributed by atoms with van der Waals surface area (Å²) in [6.45, 7) is 0.206. The summed E-state index contributed by atoms with van der Waals surface area (Å²) in [6, 6.07) is 9.41. The van der Waals surface area contributed by atoms with Crippen LogP contribution < -0.4 is 11.3 Å². The van der Waals surface area contributed by atoms with Crippen LogP contribution in [0.15, 0.2) is 47.7 Å². The third-order valence-corrected chi connectivity index (χ3v) is 5.91. The third kappa shape index (κ3) is 3.38. The molecule has 4 aromatic heterocycles. The Hall–Kier alpha value is -4.52. The maximum absolute atomic E-state index is 13.5. The summed E-state index contributed by atoms with van der Waals surface area (Å²) in [5.74, 6) is 7.84. The molecule has 0 unspecified atom stereocenters. The van der Waals surface area contributed by atoms with Gasteiger partial charge in [-0.25, -0.2) is 19.6 Å². The van der Waals surface area contributed by atoms with Crippen molar-refractivity contribution < 1.29 is 0 Å². The second-order valence-electron chi connectivity index (χ2n) is 8.34. The molecular weight excluding hydrogens is 430 g/mol. The summed E-state index contributed by atoms with van der Waals surface area (Å²) in [6.07, 6.45) is 5.78. The average molecular weight is 451 g/mol. The van der Waals surface area contributed by atoms with Gasteiger partial charge in [0, 0.05) is 13.0 Å². The summed E-state index contributed by atoms with van der Waals surface area (Å²) in [7, 11) is 1.73. The largest absolute Gasteiger partial charge is 0.383 e. The number of aromatic nitrogens is 8. The van der Waals surface area contributed by atoms with Crippen LogP contribution in [0.1, 0.15) is 24.4 Å². The molecule has 1 aromatic carbocycles. The van der Waals surface area contributed by atoms with Crippen LogP contribution >= 0.6 is 0 Å². The predicted molar refractivity (Wildman–Crippen MR) is 127 cm³/mol. The lowest BCUT2D eigenvalue weighted by atomic mass is 10.2. The lowest BCUT2D eigenvalue weighted by Crippen LogP contribution is -2.26. The normalized spacial score (nSPS) is 13.3. The van der Waals surface area contributed by atoms with Crippen LogP contribution in [0.25, 0.3) is 27.8 Å². The fourth-order valence-corrected chi connectivity index (χ4v) is 4.10. The summed E-state index contributed by atoms with van der Waals surface area (Å²) >= 11 is 0. The van der Waals surface area contributed by atoms with Crippen molar-refractivity contribution in [1.82, 2.24) is 39.1 Å². The second kappa shape index (κ2) is 7.81. The number of nitrogen functional groups attached to an aromatic ring is 1. The van der Waals surface area contributed by atoms with Crippen molar-refractivity contribution in [2.45, 2.75) is 25.8 Å². The summed E-state index contributed by atoms with van der Waals surface area (Å²) in [5.41, 5.74) is 8.96. The SMILES string of the molecule is Cn1ncc2nc(Cn3nc(CC#CC4CC4)c4c(N)ncnc43)n(-c3ccccc3)c(=O)c21. The molecule has 1 aliphatic carbocycles. The minimum absolute atomic E-state index is 0.202. The van der Waals surface area contributed by atoms with Crippen molar-refractivity contribution >= 4 is 27.9 Å². The molecule has 0 bridgehead atoms. The number of anilines is 1. The predicted octanol–water partition coefficient (Wildman–Crippen LogP) is 1.85. The maximum Gasteiger partial charge on any atom is 0.284 e. The average Bonchev–Trinajstić information content (AvgIpc) is 3.49. The number of rotatable bonds is 4. The number of nitrogens with two attached hydrogens (primary N) is 1. The van der Waals surface area contributed by atoms with Crippen molar-refractivity contribution in [1.29, 1.82) is 0 Å². The van der Waals surface area contributed by atoms with E-state index in [0.717, 1.165) is 18.5 Å². The first-order chi connectivity index (χ1) is 16.6. The Morgan fingerprint density at radius 3 is 2.79 bits per heavy atom. The zero-order valence-electron chi connectivity index (χ0n) is 18.5. The Kier molecular flexibility index (Phi) is 4.62. The summed E-state index contributed by atoms with van der Waals surface area (Å²) in [5, 5.41) is 9.68. The van der Waals surface area contributed by atoms with Crippen molar-refractivity contribution in [3.05, 3.63) is 64.7 Å². The van der Waals surface area contributed by atoms with Gasteiger partial charge < -0.3 is 5.73 Å². The van der Waals surface area contributed by atoms with E-state index in [2.05, 4.69) is 26.9 Å². The van der Waals surface area contributed by atoms with E-state index in [1.807, 2.05) is 30.3 Å². The molecule has 0 spiro atoms. The van der Waals surface area contributed by atoms with Crippen molar-refractivity contribution in [2.24, 2.45) is 13.0 Å². The molecule has 0 saturated heterocycles. The molecular formula is C24H21N9O. The topological polar surface area (TPSA) is 122 Å².